The summed E-state index contributed by atoms with van der Waals surface area (Å²) in [4.78, 5) is 26.5. The number of carbonyl (C=O) groups excluding carboxylic acids is 2. The Morgan fingerprint density at radius 2 is 1.96 bits per heavy atom. The Balaban J connectivity index is 1.69. The SMILES string of the molecule is COc1ccc(C(=O)NC2CCN(c3ccc(C)cc3)C2=O)cc1F. The van der Waals surface area contributed by atoms with Gasteiger partial charge in [-0.2, -0.15) is 0 Å². The number of anilines is 1. The zero-order valence-electron chi connectivity index (χ0n) is 14.1. The molecule has 2 amide bonds. The number of halogens is 1. The van der Waals surface area contributed by atoms with E-state index in [0.717, 1.165) is 17.3 Å². The van der Waals surface area contributed by atoms with Crippen molar-refractivity contribution < 1.29 is 18.7 Å². The molecule has 0 radical (unpaired) electrons. The zero-order valence-corrected chi connectivity index (χ0v) is 14.1. The smallest absolute Gasteiger partial charge is 0.252 e. The average molecular weight is 342 g/mol. The summed E-state index contributed by atoms with van der Waals surface area (Å²) in [6, 6.07) is 11.0. The molecule has 1 fully saturated rings. The molecule has 2 aromatic rings. The molecule has 1 aliphatic heterocycles. The van der Waals surface area contributed by atoms with Gasteiger partial charge in [-0.05, 0) is 43.7 Å². The first kappa shape index (κ1) is 17.0. The fourth-order valence-electron chi connectivity index (χ4n) is 2.84. The van der Waals surface area contributed by atoms with Gasteiger partial charge in [0.25, 0.3) is 5.91 Å². The van der Waals surface area contributed by atoms with Crippen LogP contribution in [0.15, 0.2) is 42.5 Å². The number of nitrogens with zero attached hydrogens (tertiary/aromatic N) is 1. The van der Waals surface area contributed by atoms with Gasteiger partial charge in [0.2, 0.25) is 5.91 Å². The van der Waals surface area contributed by atoms with E-state index in [9.17, 15) is 14.0 Å². The largest absolute Gasteiger partial charge is 0.494 e. The lowest BCUT2D eigenvalue weighted by atomic mass is 10.1. The first-order valence-electron chi connectivity index (χ1n) is 8.02. The lowest BCUT2D eigenvalue weighted by Gasteiger charge is -2.17. The van der Waals surface area contributed by atoms with E-state index in [0.29, 0.717) is 13.0 Å². The number of amides is 2. The summed E-state index contributed by atoms with van der Waals surface area (Å²) in [6.07, 6.45) is 0.511. The van der Waals surface area contributed by atoms with E-state index in [1.165, 1.54) is 19.2 Å². The Labute approximate surface area is 145 Å². The molecule has 1 aliphatic rings. The number of benzene rings is 2. The quantitative estimate of drug-likeness (QED) is 0.929. The van der Waals surface area contributed by atoms with Crippen LogP contribution in [0.4, 0.5) is 10.1 Å². The summed E-state index contributed by atoms with van der Waals surface area (Å²) in [5, 5.41) is 2.68. The lowest BCUT2D eigenvalue weighted by molar-refractivity contribution is -0.118. The fourth-order valence-corrected chi connectivity index (χ4v) is 2.84. The van der Waals surface area contributed by atoms with E-state index in [-0.39, 0.29) is 17.2 Å². The minimum atomic E-state index is -0.616. The predicted octanol–water partition coefficient (Wildman–Crippen LogP) is 2.68. The van der Waals surface area contributed by atoms with Crippen molar-refractivity contribution in [1.29, 1.82) is 0 Å². The monoisotopic (exact) mass is 342 g/mol. The van der Waals surface area contributed by atoms with Gasteiger partial charge >= 0.3 is 0 Å². The molecule has 2 aromatic carbocycles. The van der Waals surface area contributed by atoms with Crippen molar-refractivity contribution in [3.05, 3.63) is 59.4 Å². The summed E-state index contributed by atoms with van der Waals surface area (Å²) in [7, 11) is 1.36. The number of ether oxygens (including phenoxy) is 1. The summed E-state index contributed by atoms with van der Waals surface area (Å²) >= 11 is 0. The highest BCUT2D eigenvalue weighted by Crippen LogP contribution is 2.23. The number of aryl methyl sites for hydroxylation is 1. The van der Waals surface area contributed by atoms with E-state index >= 15 is 0 Å². The second kappa shape index (κ2) is 6.93. The van der Waals surface area contributed by atoms with E-state index in [4.69, 9.17) is 4.74 Å². The highest BCUT2D eigenvalue weighted by molar-refractivity contribution is 6.03. The second-order valence-electron chi connectivity index (χ2n) is 5.99. The normalized spacial score (nSPS) is 16.8. The van der Waals surface area contributed by atoms with Crippen LogP contribution in [0.25, 0.3) is 0 Å². The van der Waals surface area contributed by atoms with Crippen molar-refractivity contribution in [3.8, 4) is 5.75 Å². The number of hydrogen-bond acceptors (Lipinski definition) is 3. The van der Waals surface area contributed by atoms with E-state index in [1.54, 1.807) is 4.90 Å². The molecule has 25 heavy (non-hydrogen) atoms. The van der Waals surface area contributed by atoms with Crippen molar-refractivity contribution in [1.82, 2.24) is 5.32 Å². The van der Waals surface area contributed by atoms with Gasteiger partial charge in [0.05, 0.1) is 7.11 Å². The Morgan fingerprint density at radius 1 is 1.24 bits per heavy atom. The molecule has 0 aliphatic carbocycles. The number of carbonyl (C=O) groups is 2. The molecule has 130 valence electrons. The molecule has 1 heterocycles. The zero-order chi connectivity index (χ0) is 18.0. The molecule has 5 nitrogen and oxygen atoms in total. The summed E-state index contributed by atoms with van der Waals surface area (Å²) in [5.74, 6) is -1.19. The molecule has 0 bridgehead atoms. The molecule has 1 unspecified atom stereocenters. The Kier molecular flexibility index (Phi) is 4.70. The first-order chi connectivity index (χ1) is 12.0. The summed E-state index contributed by atoms with van der Waals surface area (Å²) in [5.41, 5.74) is 2.07. The van der Waals surface area contributed by atoms with E-state index in [1.807, 2.05) is 31.2 Å². The molecule has 3 rings (SSSR count). The third-order valence-corrected chi connectivity index (χ3v) is 4.27. The minimum Gasteiger partial charge on any atom is -0.494 e. The molecular weight excluding hydrogens is 323 g/mol. The molecule has 1 atom stereocenters. The minimum absolute atomic E-state index is 0.0686. The van der Waals surface area contributed by atoms with Crippen LogP contribution < -0.4 is 15.0 Å². The molecule has 0 saturated carbocycles. The Bertz CT molecular complexity index is 805. The Hall–Kier alpha value is -2.89. The molecule has 0 spiro atoms. The summed E-state index contributed by atoms with van der Waals surface area (Å²) in [6.45, 7) is 2.51. The molecule has 0 aromatic heterocycles. The van der Waals surface area contributed by atoms with Crippen molar-refractivity contribution in [3.63, 3.8) is 0 Å². The average Bonchev–Trinajstić information content (AvgIpc) is 2.96. The van der Waals surface area contributed by atoms with Crippen LogP contribution in [0.1, 0.15) is 22.3 Å². The van der Waals surface area contributed by atoms with E-state index < -0.39 is 17.8 Å². The van der Waals surface area contributed by atoms with Gasteiger partial charge in [0.1, 0.15) is 6.04 Å². The first-order valence-corrected chi connectivity index (χ1v) is 8.02. The van der Waals surface area contributed by atoms with Gasteiger partial charge in [0.15, 0.2) is 11.6 Å². The van der Waals surface area contributed by atoms with Crippen molar-refractivity contribution in [2.45, 2.75) is 19.4 Å². The van der Waals surface area contributed by atoms with Gasteiger partial charge in [-0.25, -0.2) is 4.39 Å². The van der Waals surface area contributed by atoms with Gasteiger partial charge in [-0.15, -0.1) is 0 Å². The van der Waals surface area contributed by atoms with Crippen molar-refractivity contribution >= 4 is 17.5 Å². The molecule has 1 saturated heterocycles. The highest BCUT2D eigenvalue weighted by Gasteiger charge is 2.33. The maximum atomic E-state index is 13.7. The van der Waals surface area contributed by atoms with Gasteiger partial charge in [0, 0.05) is 17.8 Å². The fraction of sp³-hybridized carbons (Fsp3) is 0.263. The van der Waals surface area contributed by atoms with Crippen LogP contribution in [-0.4, -0.2) is 31.5 Å². The molecule has 1 N–H and O–H groups in total. The lowest BCUT2D eigenvalue weighted by Crippen LogP contribution is -2.41. The molecule has 6 heteroatoms. The van der Waals surface area contributed by atoms with Crippen LogP contribution >= 0.6 is 0 Å². The van der Waals surface area contributed by atoms with Crippen molar-refractivity contribution in [2.24, 2.45) is 0 Å². The predicted molar refractivity (Wildman–Crippen MR) is 92.4 cm³/mol. The van der Waals surface area contributed by atoms with Crippen LogP contribution in [0.5, 0.6) is 5.75 Å². The van der Waals surface area contributed by atoms with Crippen LogP contribution in [0.2, 0.25) is 0 Å². The van der Waals surface area contributed by atoms with Crippen LogP contribution in [-0.2, 0) is 4.79 Å². The number of hydrogen-bond donors (Lipinski definition) is 1. The third-order valence-electron chi connectivity index (χ3n) is 4.27. The number of rotatable bonds is 4. The van der Waals surface area contributed by atoms with Gasteiger partial charge in [-0.3, -0.25) is 9.59 Å². The Morgan fingerprint density at radius 3 is 2.60 bits per heavy atom. The van der Waals surface area contributed by atoms with E-state index in [2.05, 4.69) is 5.32 Å². The maximum Gasteiger partial charge on any atom is 0.252 e. The molecular formula is C19H19FN2O3. The number of nitrogens with one attached hydrogen (secondary N) is 1. The standard InChI is InChI=1S/C19H19FN2O3/c1-12-3-6-14(7-4-12)22-10-9-16(19(22)24)21-18(23)13-5-8-17(25-2)15(20)11-13/h3-8,11,16H,9-10H2,1-2H3,(H,21,23). The van der Waals surface area contributed by atoms with Gasteiger partial charge in [-0.1, -0.05) is 17.7 Å². The van der Waals surface area contributed by atoms with Crippen molar-refractivity contribution in [2.75, 3.05) is 18.6 Å². The number of methoxy groups -OCH3 is 1. The van der Waals surface area contributed by atoms with Crippen LogP contribution in [0.3, 0.4) is 0 Å². The van der Waals surface area contributed by atoms with Crippen LogP contribution in [0, 0.1) is 12.7 Å². The highest BCUT2D eigenvalue weighted by atomic mass is 19.1. The topological polar surface area (TPSA) is 58.6 Å². The summed E-state index contributed by atoms with van der Waals surface area (Å²) < 4.78 is 18.6. The third kappa shape index (κ3) is 3.47. The van der Waals surface area contributed by atoms with Gasteiger partial charge < -0.3 is 15.0 Å². The second-order valence-corrected chi connectivity index (χ2v) is 5.99. The maximum absolute atomic E-state index is 13.7.